The maximum Gasteiger partial charge on any atom is 0.391 e. The molecule has 0 spiro atoms. The molecule has 2 heterocycles. The van der Waals surface area contributed by atoms with Crippen LogP contribution in [0, 0.1) is 0 Å². The molecule has 3 N–H and O–H groups in total. The van der Waals surface area contributed by atoms with Crippen molar-refractivity contribution in [1.82, 2.24) is 20.1 Å². The van der Waals surface area contributed by atoms with Crippen LogP contribution in [0.3, 0.4) is 0 Å². The molecule has 0 saturated heterocycles. The summed E-state index contributed by atoms with van der Waals surface area (Å²) in [4.78, 5) is 17.0. The molecule has 2 aromatic heterocycles. The van der Waals surface area contributed by atoms with E-state index < -0.39 is 57.6 Å². The lowest BCUT2D eigenvalue weighted by molar-refractivity contribution is -0.136. The summed E-state index contributed by atoms with van der Waals surface area (Å²) in [5.41, 5.74) is -1.70. The highest BCUT2D eigenvalue weighted by atomic mass is 35.5. The van der Waals surface area contributed by atoms with Gasteiger partial charge in [-0.25, -0.2) is 13.4 Å². The summed E-state index contributed by atoms with van der Waals surface area (Å²) in [5.74, 6) is -1.39. The standard InChI is InChI=1S/C24H31ClF5N5O5S/c1-4-35-20(15-11-31-17(9-16(15)40-22(26)27)33-13(2)10-24(28,29)30)18(25)19(34-35)21(36)32-12-23(37)7-5-14(6-8-23)41(3,38)39/h9,11,13-14,22,37H,4-8,10,12H2,1-3H3,(H,31,33)(H,32,36)/t13-,14?,23?/m1/s1. The van der Waals surface area contributed by atoms with Crippen molar-refractivity contribution in [3.8, 4) is 17.0 Å². The second-order valence-corrected chi connectivity index (χ2v) is 12.8. The van der Waals surface area contributed by atoms with Crippen molar-refractivity contribution in [2.24, 2.45) is 0 Å². The van der Waals surface area contributed by atoms with Gasteiger partial charge in [0, 0.05) is 37.7 Å². The molecule has 1 atom stereocenters. The molecule has 17 heteroatoms. The predicted octanol–water partition coefficient (Wildman–Crippen LogP) is 4.42. The SMILES string of the molecule is CCn1nc(C(=O)NCC2(O)CCC(S(C)(=O)=O)CC2)c(Cl)c1-c1cnc(N[C@H](C)CC(F)(F)F)cc1OC(F)F. The highest BCUT2D eigenvalue weighted by Crippen LogP contribution is 2.39. The number of anilines is 1. The number of carbonyl (C=O) groups excluding carboxylic acids is 1. The summed E-state index contributed by atoms with van der Waals surface area (Å²) < 4.78 is 94.1. The lowest BCUT2D eigenvalue weighted by Crippen LogP contribution is -2.47. The number of sulfone groups is 1. The Morgan fingerprint density at radius 3 is 2.49 bits per heavy atom. The summed E-state index contributed by atoms with van der Waals surface area (Å²) >= 11 is 6.48. The van der Waals surface area contributed by atoms with Crippen LogP contribution in [0.2, 0.25) is 5.02 Å². The van der Waals surface area contributed by atoms with Crippen LogP contribution < -0.4 is 15.4 Å². The first-order valence-corrected chi connectivity index (χ1v) is 15.0. The van der Waals surface area contributed by atoms with Gasteiger partial charge >= 0.3 is 12.8 Å². The highest BCUT2D eigenvalue weighted by molar-refractivity contribution is 7.91. The molecular weight excluding hydrogens is 601 g/mol. The minimum atomic E-state index is -4.46. The second kappa shape index (κ2) is 12.7. The molecule has 3 rings (SSSR count). The number of ether oxygens (including phenoxy) is 1. The smallest absolute Gasteiger partial charge is 0.391 e. The maximum absolute atomic E-state index is 13.3. The Kier molecular flexibility index (Phi) is 10.1. The number of hydrogen-bond donors (Lipinski definition) is 3. The van der Waals surface area contributed by atoms with E-state index in [1.807, 2.05) is 0 Å². The van der Waals surface area contributed by atoms with E-state index in [4.69, 9.17) is 11.6 Å². The van der Waals surface area contributed by atoms with Crippen LogP contribution in [0.5, 0.6) is 5.75 Å². The average Bonchev–Trinajstić information content (AvgIpc) is 3.17. The fourth-order valence-electron chi connectivity index (χ4n) is 4.67. The Bertz CT molecular complexity index is 1350. The number of halogens is 6. The van der Waals surface area contributed by atoms with Crippen molar-refractivity contribution >= 4 is 33.2 Å². The van der Waals surface area contributed by atoms with E-state index in [9.17, 15) is 40.3 Å². The molecule has 230 valence electrons. The van der Waals surface area contributed by atoms with E-state index in [2.05, 4.69) is 25.5 Å². The number of nitrogens with zero attached hydrogens (tertiary/aromatic N) is 3. The molecule has 1 saturated carbocycles. The molecule has 0 bridgehead atoms. The number of hydrogen-bond acceptors (Lipinski definition) is 8. The summed E-state index contributed by atoms with van der Waals surface area (Å²) in [6, 6.07) is -0.121. The fraction of sp³-hybridized carbons (Fsp3) is 0.625. The minimum Gasteiger partial charge on any atom is -0.434 e. The first-order chi connectivity index (χ1) is 18.9. The zero-order valence-electron chi connectivity index (χ0n) is 22.4. The van der Waals surface area contributed by atoms with Crippen molar-refractivity contribution in [3.63, 3.8) is 0 Å². The van der Waals surface area contributed by atoms with Crippen LogP contribution in [-0.2, 0) is 16.4 Å². The third-order valence-corrected chi connectivity index (χ3v) is 8.77. The van der Waals surface area contributed by atoms with Crippen molar-refractivity contribution < 1.29 is 45.0 Å². The topological polar surface area (TPSA) is 135 Å². The molecule has 1 aliphatic rings. The van der Waals surface area contributed by atoms with Crippen molar-refractivity contribution in [1.29, 1.82) is 0 Å². The predicted molar refractivity (Wildman–Crippen MR) is 141 cm³/mol. The molecule has 1 amide bonds. The fourth-order valence-corrected chi connectivity index (χ4v) is 6.09. The Balaban J connectivity index is 1.84. The van der Waals surface area contributed by atoms with E-state index >= 15 is 0 Å². The van der Waals surface area contributed by atoms with Gasteiger partial charge in [-0.05, 0) is 39.5 Å². The van der Waals surface area contributed by atoms with Gasteiger partial charge in [-0.3, -0.25) is 9.48 Å². The molecule has 0 aliphatic heterocycles. The second-order valence-electron chi connectivity index (χ2n) is 10.1. The number of aromatic nitrogens is 3. The molecular formula is C24H31ClF5N5O5S. The molecule has 1 aliphatic carbocycles. The molecule has 41 heavy (non-hydrogen) atoms. The van der Waals surface area contributed by atoms with Crippen LogP contribution >= 0.6 is 11.6 Å². The molecule has 2 aromatic rings. The maximum atomic E-state index is 13.3. The van der Waals surface area contributed by atoms with Gasteiger partial charge < -0.3 is 20.5 Å². The third kappa shape index (κ3) is 8.64. The number of nitrogens with one attached hydrogen (secondary N) is 2. The molecule has 0 unspecified atom stereocenters. The number of carbonyl (C=O) groups is 1. The Hall–Kier alpha value is -2.72. The molecule has 0 radical (unpaired) electrons. The third-order valence-electron chi connectivity index (χ3n) is 6.73. The van der Waals surface area contributed by atoms with E-state index in [0.717, 1.165) is 18.5 Å². The monoisotopic (exact) mass is 631 g/mol. The molecule has 0 aromatic carbocycles. The number of rotatable bonds is 11. The quantitative estimate of drug-likeness (QED) is 0.310. The van der Waals surface area contributed by atoms with Crippen LogP contribution in [0.25, 0.3) is 11.3 Å². The van der Waals surface area contributed by atoms with Crippen molar-refractivity contribution in [2.75, 3.05) is 18.1 Å². The van der Waals surface area contributed by atoms with E-state index in [-0.39, 0.29) is 66.6 Å². The van der Waals surface area contributed by atoms with Gasteiger partial charge in [0.1, 0.15) is 21.4 Å². The normalized spacial score (nSPS) is 20.6. The van der Waals surface area contributed by atoms with E-state index in [0.29, 0.717) is 0 Å². The Labute approximate surface area is 238 Å². The van der Waals surface area contributed by atoms with Gasteiger partial charge in [0.2, 0.25) is 0 Å². The van der Waals surface area contributed by atoms with Crippen LogP contribution in [0.4, 0.5) is 27.8 Å². The van der Waals surface area contributed by atoms with Crippen molar-refractivity contribution in [3.05, 3.63) is 23.0 Å². The van der Waals surface area contributed by atoms with Gasteiger partial charge in [0.15, 0.2) is 5.69 Å². The van der Waals surface area contributed by atoms with Crippen molar-refractivity contribution in [2.45, 2.75) is 82.2 Å². The summed E-state index contributed by atoms with van der Waals surface area (Å²) in [7, 11) is -3.25. The first kappa shape index (κ1) is 32.8. The zero-order chi connectivity index (χ0) is 30.8. The number of aryl methyl sites for hydroxylation is 1. The van der Waals surface area contributed by atoms with Crippen LogP contribution in [-0.4, -0.2) is 76.7 Å². The molecule has 10 nitrogen and oxygen atoms in total. The van der Waals surface area contributed by atoms with E-state index in [1.54, 1.807) is 6.92 Å². The summed E-state index contributed by atoms with van der Waals surface area (Å²) in [5, 5.41) is 19.2. The van der Waals surface area contributed by atoms with Gasteiger partial charge in [-0.15, -0.1) is 0 Å². The minimum absolute atomic E-state index is 0.00438. The number of pyridine rings is 1. The summed E-state index contributed by atoms with van der Waals surface area (Å²) in [6.07, 6.45) is -2.68. The summed E-state index contributed by atoms with van der Waals surface area (Å²) in [6.45, 7) is -0.471. The zero-order valence-corrected chi connectivity index (χ0v) is 24.0. The van der Waals surface area contributed by atoms with Crippen LogP contribution in [0.1, 0.15) is 56.4 Å². The number of amides is 1. The number of alkyl halides is 5. The lowest BCUT2D eigenvalue weighted by atomic mass is 9.84. The van der Waals surface area contributed by atoms with E-state index in [1.165, 1.54) is 11.6 Å². The van der Waals surface area contributed by atoms with Crippen LogP contribution in [0.15, 0.2) is 12.3 Å². The lowest BCUT2D eigenvalue weighted by Gasteiger charge is -2.35. The average molecular weight is 632 g/mol. The Morgan fingerprint density at radius 2 is 1.95 bits per heavy atom. The highest BCUT2D eigenvalue weighted by Gasteiger charge is 2.37. The molecule has 1 fully saturated rings. The Morgan fingerprint density at radius 1 is 1.32 bits per heavy atom. The van der Waals surface area contributed by atoms with Gasteiger partial charge in [-0.2, -0.15) is 27.1 Å². The first-order valence-electron chi connectivity index (χ1n) is 12.7. The van der Waals surface area contributed by atoms with Gasteiger partial charge in [0.25, 0.3) is 5.91 Å². The largest absolute Gasteiger partial charge is 0.434 e. The number of aliphatic hydroxyl groups is 1. The van der Waals surface area contributed by atoms with Gasteiger partial charge in [-0.1, -0.05) is 11.6 Å². The van der Waals surface area contributed by atoms with Gasteiger partial charge in [0.05, 0.1) is 33.6 Å².